The molecule has 2 aromatic carbocycles. The van der Waals surface area contributed by atoms with E-state index in [-0.39, 0.29) is 25.2 Å². The smallest absolute Gasteiger partial charge is 0.423 e. The second kappa shape index (κ2) is 12.3. The number of phenols is 1. The molecule has 1 saturated heterocycles. The predicted octanol–water partition coefficient (Wildman–Crippen LogP) is 3.69. The number of carbonyl (C=O) groups excluding carboxylic acids is 3. The maximum atomic E-state index is 13.2. The van der Waals surface area contributed by atoms with E-state index in [4.69, 9.17) is 4.74 Å². The van der Waals surface area contributed by atoms with E-state index in [1.54, 1.807) is 30.3 Å². The molecule has 2 aromatic rings. The van der Waals surface area contributed by atoms with Gasteiger partial charge in [0.15, 0.2) is 0 Å². The first kappa shape index (κ1) is 28.1. The maximum Gasteiger partial charge on any atom is 0.423 e. The van der Waals surface area contributed by atoms with Crippen molar-refractivity contribution in [3.05, 3.63) is 76.9 Å². The molecule has 1 aliphatic heterocycles. The molecule has 0 radical (unpaired) electrons. The van der Waals surface area contributed by atoms with Crippen molar-refractivity contribution in [2.24, 2.45) is 17.8 Å². The number of hydrogen-bond donors (Lipinski definition) is 3. The highest BCUT2D eigenvalue weighted by atomic mass is 16.5. The van der Waals surface area contributed by atoms with Gasteiger partial charge < -0.3 is 24.8 Å². The first-order chi connectivity index (χ1) is 18.8. The largest absolute Gasteiger partial charge is 0.507 e. The Morgan fingerprint density at radius 3 is 2.46 bits per heavy atom. The second-order valence-electron chi connectivity index (χ2n) is 9.87. The minimum atomic E-state index is -1.06. The number of aliphatic hydroxyl groups excluding tert-OH is 2. The van der Waals surface area contributed by atoms with Crippen molar-refractivity contribution < 1.29 is 39.2 Å². The number of amides is 3. The van der Waals surface area contributed by atoms with E-state index in [1.165, 1.54) is 0 Å². The van der Waals surface area contributed by atoms with E-state index in [2.05, 4.69) is 4.74 Å². The molecule has 1 fully saturated rings. The molecule has 0 saturated carbocycles. The fourth-order valence-corrected chi connectivity index (χ4v) is 5.52. The Hall–Kier alpha value is -3.95. The Balaban J connectivity index is 1.63. The van der Waals surface area contributed by atoms with Gasteiger partial charge in [-0.2, -0.15) is 4.90 Å². The van der Waals surface area contributed by atoms with E-state index < -0.39 is 48.4 Å². The van der Waals surface area contributed by atoms with Crippen LogP contribution in [0, 0.1) is 17.8 Å². The zero-order chi connectivity index (χ0) is 28.1. The molecule has 1 aliphatic carbocycles. The van der Waals surface area contributed by atoms with Gasteiger partial charge in [-0.15, -0.1) is 0 Å². The molecule has 2 aliphatic rings. The lowest BCUT2D eigenvalue weighted by Crippen LogP contribution is -2.40. The molecule has 0 aromatic heterocycles. The Labute approximate surface area is 227 Å². The first-order valence-corrected chi connectivity index (χ1v) is 12.9. The number of imide groups is 3. The lowest BCUT2D eigenvalue weighted by molar-refractivity contribution is -0.137. The summed E-state index contributed by atoms with van der Waals surface area (Å²) in [5.41, 5.74) is 2.64. The first-order valence-electron chi connectivity index (χ1n) is 12.9. The highest BCUT2D eigenvalue weighted by Crippen LogP contribution is 2.46. The molecule has 3 N–H and O–H groups in total. The van der Waals surface area contributed by atoms with Crippen LogP contribution in [0.5, 0.6) is 11.5 Å². The summed E-state index contributed by atoms with van der Waals surface area (Å²) in [5, 5.41) is 31.9. The average Bonchev–Trinajstić information content (AvgIpc) is 3.20. The monoisotopic (exact) mass is 535 g/mol. The molecular weight excluding hydrogens is 502 g/mol. The zero-order valence-corrected chi connectivity index (χ0v) is 21.9. The summed E-state index contributed by atoms with van der Waals surface area (Å²) in [4.78, 5) is 39.0. The fourth-order valence-electron chi connectivity index (χ4n) is 5.52. The molecule has 4 rings (SSSR count). The summed E-state index contributed by atoms with van der Waals surface area (Å²) in [6.07, 6.45) is 0.579. The molecule has 9 nitrogen and oxygen atoms in total. The van der Waals surface area contributed by atoms with E-state index in [1.807, 2.05) is 37.3 Å². The Bertz CT molecular complexity index is 1280. The second-order valence-corrected chi connectivity index (χ2v) is 9.87. The standard InChI is InChI=1S/C30H33NO8/c1-18(14-19-8-6-7-11-24(19)33)12-13-25(34)26-20(17-39-21-9-4-3-5-10-21)15-22-27(23(26)16-32)29(36)31(28(22)35)30(37)38-2/h3-11,14,22-23,25,27,32-34H,12-13,15-17H2,1-2H3/b18-14+/t22-,23+,25-,27-/m1/s1. The SMILES string of the molecule is COC(=O)N1C(=O)[C@@H]2[C@@H](CC(COc3ccccc3)=C([C@H](O)CC/C(C)=C/c3ccccc3O)[C@@H]2CO)C1=O. The normalized spacial score (nSPS) is 22.1. The van der Waals surface area contributed by atoms with Gasteiger partial charge in [0.2, 0.25) is 11.8 Å². The lowest BCUT2D eigenvalue weighted by atomic mass is 9.68. The van der Waals surface area contributed by atoms with Crippen LogP contribution in [0.4, 0.5) is 4.79 Å². The number of benzene rings is 2. The number of methoxy groups -OCH3 is 1. The van der Waals surface area contributed by atoms with Gasteiger partial charge in [-0.05, 0) is 55.5 Å². The van der Waals surface area contributed by atoms with Gasteiger partial charge in [0.25, 0.3) is 0 Å². The van der Waals surface area contributed by atoms with Crippen LogP contribution >= 0.6 is 0 Å². The molecule has 4 atom stereocenters. The number of hydrogen-bond acceptors (Lipinski definition) is 8. The number of allylic oxidation sites excluding steroid dienone is 1. The zero-order valence-electron chi connectivity index (χ0n) is 21.9. The van der Waals surface area contributed by atoms with Crippen LogP contribution in [-0.4, -0.2) is 64.6 Å². The van der Waals surface area contributed by atoms with Crippen molar-refractivity contribution in [3.63, 3.8) is 0 Å². The Kier molecular flexibility index (Phi) is 8.83. The van der Waals surface area contributed by atoms with Crippen molar-refractivity contribution in [1.82, 2.24) is 4.90 Å². The van der Waals surface area contributed by atoms with E-state index in [0.29, 0.717) is 33.8 Å². The van der Waals surface area contributed by atoms with Crippen molar-refractivity contribution >= 4 is 24.0 Å². The lowest BCUT2D eigenvalue weighted by Gasteiger charge is -2.36. The van der Waals surface area contributed by atoms with Crippen LogP contribution in [0.3, 0.4) is 0 Å². The van der Waals surface area contributed by atoms with Crippen molar-refractivity contribution in [2.45, 2.75) is 32.3 Å². The molecular formula is C30H33NO8. The van der Waals surface area contributed by atoms with Gasteiger partial charge in [-0.25, -0.2) is 4.79 Å². The van der Waals surface area contributed by atoms with Crippen molar-refractivity contribution in [3.8, 4) is 11.5 Å². The number of fused-ring (bicyclic) bond motifs is 1. The van der Waals surface area contributed by atoms with E-state index in [9.17, 15) is 29.7 Å². The number of nitrogens with zero attached hydrogens (tertiary/aromatic N) is 1. The third kappa shape index (κ3) is 5.89. The topological polar surface area (TPSA) is 134 Å². The van der Waals surface area contributed by atoms with Crippen molar-refractivity contribution in [1.29, 1.82) is 0 Å². The van der Waals surface area contributed by atoms with Crippen LogP contribution in [-0.2, 0) is 14.3 Å². The summed E-state index contributed by atoms with van der Waals surface area (Å²) < 4.78 is 10.6. The third-order valence-electron chi connectivity index (χ3n) is 7.40. The summed E-state index contributed by atoms with van der Waals surface area (Å²) in [6.45, 7) is 1.44. The molecule has 206 valence electrons. The highest BCUT2D eigenvalue weighted by Gasteiger charge is 2.57. The third-order valence-corrected chi connectivity index (χ3v) is 7.40. The summed E-state index contributed by atoms with van der Waals surface area (Å²) in [7, 11) is 1.09. The van der Waals surface area contributed by atoms with Gasteiger partial charge in [0.1, 0.15) is 18.1 Å². The van der Waals surface area contributed by atoms with Gasteiger partial charge in [-0.3, -0.25) is 9.59 Å². The van der Waals surface area contributed by atoms with Crippen LogP contribution in [0.25, 0.3) is 6.08 Å². The Morgan fingerprint density at radius 1 is 1.10 bits per heavy atom. The minimum absolute atomic E-state index is 0.0442. The molecule has 3 amide bonds. The molecule has 0 spiro atoms. The molecule has 0 unspecified atom stereocenters. The van der Waals surface area contributed by atoms with Crippen LogP contribution in [0.1, 0.15) is 31.7 Å². The quantitative estimate of drug-likeness (QED) is 0.327. The van der Waals surface area contributed by atoms with Crippen molar-refractivity contribution in [2.75, 3.05) is 20.3 Å². The number of aliphatic hydroxyl groups is 2. The van der Waals surface area contributed by atoms with Crippen LogP contribution in [0.2, 0.25) is 0 Å². The minimum Gasteiger partial charge on any atom is -0.507 e. The number of phenolic OH excluding ortho intramolecular Hbond substituents is 1. The van der Waals surface area contributed by atoms with Gasteiger partial charge in [0, 0.05) is 11.5 Å². The number of likely N-dealkylation sites (tertiary alicyclic amines) is 1. The molecule has 39 heavy (non-hydrogen) atoms. The molecule has 9 heteroatoms. The van der Waals surface area contributed by atoms with Gasteiger partial charge in [-0.1, -0.05) is 48.0 Å². The van der Waals surface area contributed by atoms with Crippen LogP contribution < -0.4 is 4.74 Å². The summed E-state index contributed by atoms with van der Waals surface area (Å²) in [5.74, 6) is -3.42. The molecule has 0 bridgehead atoms. The number of para-hydroxylation sites is 2. The number of ether oxygens (including phenoxy) is 2. The summed E-state index contributed by atoms with van der Waals surface area (Å²) >= 11 is 0. The number of rotatable bonds is 9. The maximum absolute atomic E-state index is 13.2. The van der Waals surface area contributed by atoms with Gasteiger partial charge >= 0.3 is 6.09 Å². The van der Waals surface area contributed by atoms with Crippen LogP contribution in [0.15, 0.2) is 71.3 Å². The molecule has 1 heterocycles. The summed E-state index contributed by atoms with van der Waals surface area (Å²) in [6, 6.07) is 16.0. The average molecular weight is 536 g/mol. The Morgan fingerprint density at radius 2 is 1.79 bits per heavy atom. The van der Waals surface area contributed by atoms with E-state index >= 15 is 0 Å². The van der Waals surface area contributed by atoms with E-state index in [0.717, 1.165) is 12.7 Å². The highest BCUT2D eigenvalue weighted by molar-refractivity contribution is 6.16. The number of aromatic hydroxyl groups is 1. The predicted molar refractivity (Wildman–Crippen MR) is 142 cm³/mol. The fraction of sp³-hybridized carbons (Fsp3) is 0.367. The van der Waals surface area contributed by atoms with Gasteiger partial charge in [0.05, 0.1) is 31.7 Å². The number of carbonyl (C=O) groups is 3.